The first kappa shape index (κ1) is 11.1. The largest absolute Gasteiger partial charge is 0.481 e. The number of aliphatic hydroxyl groups excluding tert-OH is 1. The molecule has 0 heterocycles. The standard InChI is InChI=1S/C13H16O3/c14-9-10-3-5-11(6-4-10)13(12(15)16)7-1-2-8-13/h3-6,14H,1-2,7-9H2,(H,15,16). The molecule has 1 aliphatic rings. The predicted octanol–water partition coefficient (Wildman–Crippen LogP) is 2.08. The second kappa shape index (κ2) is 4.26. The summed E-state index contributed by atoms with van der Waals surface area (Å²) in [6.07, 6.45) is 3.41. The highest BCUT2D eigenvalue weighted by molar-refractivity contribution is 5.81. The van der Waals surface area contributed by atoms with Gasteiger partial charge in [0.1, 0.15) is 0 Å². The Morgan fingerprint density at radius 2 is 1.75 bits per heavy atom. The van der Waals surface area contributed by atoms with E-state index in [9.17, 15) is 9.90 Å². The zero-order chi connectivity index (χ0) is 11.6. The molecule has 0 amide bonds. The van der Waals surface area contributed by atoms with Crippen LogP contribution in [0.4, 0.5) is 0 Å². The van der Waals surface area contributed by atoms with Gasteiger partial charge in [-0.3, -0.25) is 4.79 Å². The van der Waals surface area contributed by atoms with Gasteiger partial charge in [0.2, 0.25) is 0 Å². The van der Waals surface area contributed by atoms with Crippen LogP contribution in [0.15, 0.2) is 24.3 Å². The van der Waals surface area contributed by atoms with Gasteiger partial charge in [-0.1, -0.05) is 37.1 Å². The van der Waals surface area contributed by atoms with Crippen molar-refractivity contribution in [3.63, 3.8) is 0 Å². The molecular weight excluding hydrogens is 204 g/mol. The van der Waals surface area contributed by atoms with Gasteiger partial charge in [-0.05, 0) is 24.0 Å². The molecule has 1 saturated carbocycles. The zero-order valence-electron chi connectivity index (χ0n) is 9.15. The molecule has 3 nitrogen and oxygen atoms in total. The van der Waals surface area contributed by atoms with E-state index in [4.69, 9.17) is 5.11 Å². The fourth-order valence-electron chi connectivity index (χ4n) is 2.53. The summed E-state index contributed by atoms with van der Waals surface area (Å²) in [5.74, 6) is -0.721. The van der Waals surface area contributed by atoms with Crippen LogP contribution in [0.3, 0.4) is 0 Å². The Morgan fingerprint density at radius 3 is 2.19 bits per heavy atom. The highest BCUT2D eigenvalue weighted by Crippen LogP contribution is 2.41. The van der Waals surface area contributed by atoms with Crippen molar-refractivity contribution in [1.29, 1.82) is 0 Å². The molecule has 1 aromatic rings. The molecule has 0 saturated heterocycles. The molecule has 16 heavy (non-hydrogen) atoms. The van der Waals surface area contributed by atoms with Crippen LogP contribution in [0, 0.1) is 0 Å². The summed E-state index contributed by atoms with van der Waals surface area (Å²) in [6, 6.07) is 7.28. The Hall–Kier alpha value is -1.35. The van der Waals surface area contributed by atoms with Crippen LogP contribution in [0.5, 0.6) is 0 Å². The number of carbonyl (C=O) groups is 1. The fraction of sp³-hybridized carbons (Fsp3) is 0.462. The molecule has 2 rings (SSSR count). The summed E-state index contributed by atoms with van der Waals surface area (Å²) in [7, 11) is 0. The Kier molecular flexibility index (Phi) is 2.97. The van der Waals surface area contributed by atoms with Crippen LogP contribution in [-0.4, -0.2) is 16.2 Å². The average molecular weight is 220 g/mol. The molecule has 0 bridgehead atoms. The van der Waals surface area contributed by atoms with Crippen LogP contribution in [0.25, 0.3) is 0 Å². The topological polar surface area (TPSA) is 57.5 Å². The van der Waals surface area contributed by atoms with Crippen molar-refractivity contribution in [3.8, 4) is 0 Å². The van der Waals surface area contributed by atoms with E-state index >= 15 is 0 Å². The van der Waals surface area contributed by atoms with Crippen LogP contribution in [0.2, 0.25) is 0 Å². The normalized spacial score (nSPS) is 18.6. The van der Waals surface area contributed by atoms with Gasteiger partial charge in [0.05, 0.1) is 12.0 Å². The van der Waals surface area contributed by atoms with E-state index < -0.39 is 11.4 Å². The third-order valence-electron chi connectivity index (χ3n) is 3.56. The second-order valence-corrected chi connectivity index (χ2v) is 4.45. The summed E-state index contributed by atoms with van der Waals surface area (Å²) >= 11 is 0. The Labute approximate surface area is 94.7 Å². The third-order valence-corrected chi connectivity index (χ3v) is 3.56. The van der Waals surface area contributed by atoms with E-state index in [1.165, 1.54) is 0 Å². The van der Waals surface area contributed by atoms with E-state index in [1.54, 1.807) is 12.1 Å². The number of hydrogen-bond donors (Lipinski definition) is 2. The number of carboxylic acid groups (broad SMARTS) is 1. The molecule has 0 radical (unpaired) electrons. The molecule has 3 heteroatoms. The molecular formula is C13H16O3. The summed E-state index contributed by atoms with van der Waals surface area (Å²) in [5, 5.41) is 18.3. The quantitative estimate of drug-likeness (QED) is 0.819. The first-order valence-corrected chi connectivity index (χ1v) is 5.63. The number of aliphatic hydroxyl groups is 1. The van der Waals surface area contributed by atoms with E-state index in [0.717, 1.165) is 36.8 Å². The van der Waals surface area contributed by atoms with E-state index in [1.807, 2.05) is 12.1 Å². The first-order chi connectivity index (χ1) is 7.69. The van der Waals surface area contributed by atoms with Crippen molar-refractivity contribution in [2.75, 3.05) is 0 Å². The molecule has 0 aliphatic heterocycles. The molecule has 0 atom stereocenters. The highest BCUT2D eigenvalue weighted by Gasteiger charge is 2.42. The van der Waals surface area contributed by atoms with Gasteiger partial charge >= 0.3 is 5.97 Å². The minimum Gasteiger partial charge on any atom is -0.481 e. The SMILES string of the molecule is O=C(O)C1(c2ccc(CO)cc2)CCCC1. The lowest BCUT2D eigenvalue weighted by Gasteiger charge is -2.24. The van der Waals surface area contributed by atoms with Crippen LogP contribution >= 0.6 is 0 Å². The number of benzene rings is 1. The van der Waals surface area contributed by atoms with Crippen molar-refractivity contribution >= 4 is 5.97 Å². The van der Waals surface area contributed by atoms with Gasteiger partial charge in [0, 0.05) is 0 Å². The molecule has 86 valence electrons. The molecule has 2 N–H and O–H groups in total. The molecule has 0 spiro atoms. The fourth-order valence-corrected chi connectivity index (χ4v) is 2.53. The molecule has 1 aliphatic carbocycles. The van der Waals surface area contributed by atoms with Gasteiger partial charge in [-0.2, -0.15) is 0 Å². The van der Waals surface area contributed by atoms with Gasteiger partial charge in [0.25, 0.3) is 0 Å². The number of aliphatic carboxylic acids is 1. The second-order valence-electron chi connectivity index (χ2n) is 4.45. The lowest BCUT2D eigenvalue weighted by molar-refractivity contribution is -0.143. The van der Waals surface area contributed by atoms with Gasteiger partial charge in [0.15, 0.2) is 0 Å². The van der Waals surface area contributed by atoms with Crippen molar-refractivity contribution in [3.05, 3.63) is 35.4 Å². The maximum atomic E-state index is 11.4. The van der Waals surface area contributed by atoms with E-state index in [-0.39, 0.29) is 6.61 Å². The summed E-state index contributed by atoms with van der Waals surface area (Å²) in [4.78, 5) is 11.4. The number of hydrogen-bond acceptors (Lipinski definition) is 2. The smallest absolute Gasteiger partial charge is 0.314 e. The van der Waals surface area contributed by atoms with E-state index in [2.05, 4.69) is 0 Å². The Balaban J connectivity index is 2.36. The minimum atomic E-state index is -0.721. The van der Waals surface area contributed by atoms with Crippen molar-refractivity contribution in [2.24, 2.45) is 0 Å². The zero-order valence-corrected chi connectivity index (χ0v) is 9.15. The lowest BCUT2D eigenvalue weighted by Crippen LogP contribution is -2.32. The summed E-state index contributed by atoms with van der Waals surface area (Å²) in [6.45, 7) is 0.000349. The lowest BCUT2D eigenvalue weighted by atomic mass is 9.79. The number of rotatable bonds is 3. The predicted molar refractivity (Wildman–Crippen MR) is 60.1 cm³/mol. The first-order valence-electron chi connectivity index (χ1n) is 5.63. The minimum absolute atomic E-state index is 0.000349. The monoisotopic (exact) mass is 220 g/mol. The van der Waals surface area contributed by atoms with Crippen molar-refractivity contribution < 1.29 is 15.0 Å². The summed E-state index contributed by atoms with van der Waals surface area (Å²) in [5.41, 5.74) is 1.01. The molecule has 1 aromatic carbocycles. The van der Waals surface area contributed by atoms with Crippen LogP contribution in [-0.2, 0) is 16.8 Å². The average Bonchev–Trinajstić information content (AvgIpc) is 2.79. The van der Waals surface area contributed by atoms with Gasteiger partial charge < -0.3 is 10.2 Å². The molecule has 1 fully saturated rings. The van der Waals surface area contributed by atoms with Crippen LogP contribution in [0.1, 0.15) is 36.8 Å². The highest BCUT2D eigenvalue weighted by atomic mass is 16.4. The maximum Gasteiger partial charge on any atom is 0.314 e. The van der Waals surface area contributed by atoms with Crippen LogP contribution < -0.4 is 0 Å². The van der Waals surface area contributed by atoms with Gasteiger partial charge in [-0.25, -0.2) is 0 Å². The summed E-state index contributed by atoms with van der Waals surface area (Å²) < 4.78 is 0. The number of carboxylic acids is 1. The maximum absolute atomic E-state index is 11.4. The van der Waals surface area contributed by atoms with E-state index in [0.29, 0.717) is 0 Å². The Morgan fingerprint density at radius 1 is 1.19 bits per heavy atom. The Bertz CT molecular complexity index is 375. The molecule has 0 aromatic heterocycles. The molecule has 0 unspecified atom stereocenters. The van der Waals surface area contributed by atoms with Crippen molar-refractivity contribution in [2.45, 2.75) is 37.7 Å². The van der Waals surface area contributed by atoms with Gasteiger partial charge in [-0.15, -0.1) is 0 Å². The van der Waals surface area contributed by atoms with Crippen molar-refractivity contribution in [1.82, 2.24) is 0 Å². The third kappa shape index (κ3) is 1.71.